The Morgan fingerprint density at radius 2 is 1.89 bits per heavy atom. The van der Waals surface area contributed by atoms with Crippen LogP contribution in [0.1, 0.15) is 58.3 Å². The fourth-order valence-corrected chi connectivity index (χ4v) is 4.30. The number of carbonyl (C=O) groups excluding carboxylic acids is 1. The lowest BCUT2D eigenvalue weighted by Gasteiger charge is -2.34. The van der Waals surface area contributed by atoms with Crippen molar-refractivity contribution >= 4 is 11.6 Å². The van der Waals surface area contributed by atoms with Crippen molar-refractivity contribution in [1.29, 1.82) is 0 Å². The number of ether oxygens (including phenoxy) is 2. The van der Waals surface area contributed by atoms with Gasteiger partial charge in [-0.3, -0.25) is 9.69 Å². The summed E-state index contributed by atoms with van der Waals surface area (Å²) in [7, 11) is 1.64. The van der Waals surface area contributed by atoms with Crippen LogP contribution in [0.4, 0.5) is 5.69 Å². The molecule has 0 aromatic heterocycles. The molecule has 0 bridgehead atoms. The molecular formula is C22H34N2O3. The first kappa shape index (κ1) is 20.2. The molecule has 1 N–H and O–H groups in total. The Labute approximate surface area is 163 Å². The van der Waals surface area contributed by atoms with Gasteiger partial charge in [0.1, 0.15) is 18.0 Å². The minimum absolute atomic E-state index is 0.0301. The van der Waals surface area contributed by atoms with E-state index in [0.29, 0.717) is 12.6 Å². The zero-order valence-electron chi connectivity index (χ0n) is 16.8. The monoisotopic (exact) mass is 374 g/mol. The molecule has 1 saturated carbocycles. The highest BCUT2D eigenvalue weighted by atomic mass is 16.5. The number of nitrogens with zero attached hydrogens (tertiary/aromatic N) is 1. The van der Waals surface area contributed by atoms with Crippen LogP contribution in [0.15, 0.2) is 24.3 Å². The van der Waals surface area contributed by atoms with Gasteiger partial charge in [0, 0.05) is 25.4 Å². The molecule has 1 saturated heterocycles. The highest BCUT2D eigenvalue weighted by Crippen LogP contribution is 2.32. The summed E-state index contributed by atoms with van der Waals surface area (Å²) in [5.41, 5.74) is 0.123. The molecule has 150 valence electrons. The average molecular weight is 375 g/mol. The molecule has 2 fully saturated rings. The normalized spacial score (nSPS) is 23.0. The molecule has 3 rings (SSSR count). The number of piperidine rings is 1. The average Bonchev–Trinajstić information content (AvgIpc) is 2.71. The van der Waals surface area contributed by atoms with Crippen LogP contribution in [0.5, 0.6) is 5.75 Å². The van der Waals surface area contributed by atoms with Gasteiger partial charge in [0.25, 0.3) is 5.91 Å². The molecule has 5 heteroatoms. The second-order valence-corrected chi connectivity index (χ2v) is 7.97. The van der Waals surface area contributed by atoms with Gasteiger partial charge in [-0.15, -0.1) is 0 Å². The van der Waals surface area contributed by atoms with Crippen molar-refractivity contribution in [3.05, 3.63) is 24.3 Å². The van der Waals surface area contributed by atoms with Crippen LogP contribution in [-0.4, -0.2) is 49.3 Å². The zero-order chi connectivity index (χ0) is 19.1. The van der Waals surface area contributed by atoms with Gasteiger partial charge >= 0.3 is 0 Å². The number of hydrogen-bond acceptors (Lipinski definition) is 4. The van der Waals surface area contributed by atoms with Crippen molar-refractivity contribution in [3.8, 4) is 5.75 Å². The Morgan fingerprint density at radius 1 is 1.15 bits per heavy atom. The molecule has 1 aliphatic heterocycles. The molecule has 1 aromatic carbocycles. The fourth-order valence-electron chi connectivity index (χ4n) is 4.30. The van der Waals surface area contributed by atoms with E-state index in [1.54, 1.807) is 7.11 Å². The van der Waals surface area contributed by atoms with Gasteiger partial charge in [0.2, 0.25) is 0 Å². The fraction of sp³-hybridized carbons (Fsp3) is 0.682. The minimum Gasteiger partial charge on any atom is -0.492 e. The second-order valence-electron chi connectivity index (χ2n) is 7.97. The van der Waals surface area contributed by atoms with Gasteiger partial charge in [-0.1, -0.05) is 25.7 Å². The predicted molar refractivity (Wildman–Crippen MR) is 108 cm³/mol. The third-order valence-corrected chi connectivity index (χ3v) is 6.17. The maximum atomic E-state index is 12.7. The number of carbonyl (C=O) groups is 1. The van der Waals surface area contributed by atoms with Crippen LogP contribution < -0.4 is 10.1 Å². The van der Waals surface area contributed by atoms with E-state index >= 15 is 0 Å². The number of methoxy groups -OCH3 is 1. The van der Waals surface area contributed by atoms with Crippen molar-refractivity contribution in [2.75, 3.05) is 32.1 Å². The van der Waals surface area contributed by atoms with Crippen molar-refractivity contribution in [1.82, 2.24) is 4.90 Å². The van der Waals surface area contributed by atoms with E-state index in [9.17, 15) is 4.79 Å². The standard InChI is InChI=1S/C22H34N2O3/c1-18-8-4-7-15-24(18)16-17-27-20-11-9-19(10-12-20)23-21(25)22(26-2)13-5-3-6-14-22/h9-12,18H,3-8,13-17H2,1-2H3,(H,23,25). The number of hydrogen-bond donors (Lipinski definition) is 1. The number of anilines is 1. The summed E-state index contributed by atoms with van der Waals surface area (Å²) in [6, 6.07) is 8.32. The molecule has 0 spiro atoms. The summed E-state index contributed by atoms with van der Waals surface area (Å²) in [4.78, 5) is 15.2. The summed E-state index contributed by atoms with van der Waals surface area (Å²) in [5, 5.41) is 3.02. The van der Waals surface area contributed by atoms with Crippen LogP contribution >= 0.6 is 0 Å². The molecule has 5 nitrogen and oxygen atoms in total. The van der Waals surface area contributed by atoms with E-state index in [-0.39, 0.29) is 5.91 Å². The van der Waals surface area contributed by atoms with Crippen LogP contribution in [0, 0.1) is 0 Å². The first-order chi connectivity index (χ1) is 13.1. The molecule has 1 heterocycles. The number of benzene rings is 1. The van der Waals surface area contributed by atoms with Gasteiger partial charge in [0.15, 0.2) is 0 Å². The van der Waals surface area contributed by atoms with Crippen molar-refractivity contribution in [2.24, 2.45) is 0 Å². The SMILES string of the molecule is COC1(C(=O)Nc2ccc(OCCN3CCCCC3C)cc2)CCCCC1. The summed E-state index contributed by atoms with van der Waals surface area (Å²) >= 11 is 0. The van der Waals surface area contributed by atoms with Gasteiger partial charge < -0.3 is 14.8 Å². The molecule has 1 amide bonds. The summed E-state index contributed by atoms with van der Waals surface area (Å²) in [5.74, 6) is 0.814. The third kappa shape index (κ3) is 5.23. The van der Waals surface area contributed by atoms with Gasteiger partial charge in [0.05, 0.1) is 0 Å². The molecule has 0 radical (unpaired) electrons. The summed E-state index contributed by atoms with van der Waals surface area (Å²) < 4.78 is 11.5. The van der Waals surface area contributed by atoms with Crippen molar-refractivity contribution < 1.29 is 14.3 Å². The van der Waals surface area contributed by atoms with Crippen molar-refractivity contribution in [3.63, 3.8) is 0 Å². The number of likely N-dealkylation sites (tertiary alicyclic amines) is 1. The quantitative estimate of drug-likeness (QED) is 0.776. The largest absolute Gasteiger partial charge is 0.492 e. The van der Waals surface area contributed by atoms with Crippen LogP contribution in [-0.2, 0) is 9.53 Å². The van der Waals surface area contributed by atoms with E-state index in [1.807, 2.05) is 24.3 Å². The van der Waals surface area contributed by atoms with Gasteiger partial charge in [-0.25, -0.2) is 0 Å². The lowest BCUT2D eigenvalue weighted by molar-refractivity contribution is -0.141. The van der Waals surface area contributed by atoms with Crippen molar-refractivity contribution in [2.45, 2.75) is 69.9 Å². The smallest absolute Gasteiger partial charge is 0.256 e. The van der Waals surface area contributed by atoms with Gasteiger partial charge in [-0.05, 0) is 63.4 Å². The topological polar surface area (TPSA) is 50.8 Å². The minimum atomic E-state index is -0.668. The molecule has 1 atom stereocenters. The Bertz CT molecular complexity index is 596. The van der Waals surface area contributed by atoms with Gasteiger partial charge in [-0.2, -0.15) is 0 Å². The molecule has 2 aliphatic rings. The number of rotatable bonds is 7. The Hall–Kier alpha value is -1.59. The second kappa shape index (κ2) is 9.56. The first-order valence-electron chi connectivity index (χ1n) is 10.5. The van der Waals surface area contributed by atoms with Crippen LogP contribution in [0.25, 0.3) is 0 Å². The molecule has 1 aromatic rings. The molecule has 27 heavy (non-hydrogen) atoms. The predicted octanol–water partition coefficient (Wildman–Crippen LogP) is 4.23. The molecular weight excluding hydrogens is 340 g/mol. The Kier molecular flexibility index (Phi) is 7.13. The number of amides is 1. The highest BCUT2D eigenvalue weighted by molar-refractivity contribution is 5.97. The van der Waals surface area contributed by atoms with Crippen LogP contribution in [0.2, 0.25) is 0 Å². The maximum Gasteiger partial charge on any atom is 0.256 e. The third-order valence-electron chi connectivity index (χ3n) is 6.17. The number of nitrogens with one attached hydrogen (secondary N) is 1. The Balaban J connectivity index is 1.47. The Morgan fingerprint density at radius 3 is 2.56 bits per heavy atom. The van der Waals surface area contributed by atoms with E-state index in [2.05, 4.69) is 17.1 Å². The highest BCUT2D eigenvalue weighted by Gasteiger charge is 2.39. The van der Waals surface area contributed by atoms with E-state index in [4.69, 9.17) is 9.47 Å². The summed E-state index contributed by atoms with van der Waals surface area (Å²) in [6.07, 6.45) is 8.79. The zero-order valence-corrected chi connectivity index (χ0v) is 16.8. The first-order valence-corrected chi connectivity index (χ1v) is 10.5. The molecule has 1 aliphatic carbocycles. The van der Waals surface area contributed by atoms with E-state index in [1.165, 1.54) is 32.2 Å². The van der Waals surface area contributed by atoms with E-state index < -0.39 is 5.60 Å². The van der Waals surface area contributed by atoms with E-state index in [0.717, 1.165) is 43.7 Å². The lowest BCUT2D eigenvalue weighted by Crippen LogP contribution is -2.46. The summed E-state index contributed by atoms with van der Waals surface area (Å²) in [6.45, 7) is 5.14. The van der Waals surface area contributed by atoms with Crippen LogP contribution in [0.3, 0.4) is 0 Å². The molecule has 1 unspecified atom stereocenters. The maximum absolute atomic E-state index is 12.7. The lowest BCUT2D eigenvalue weighted by atomic mass is 9.84.